The fourth-order valence-corrected chi connectivity index (χ4v) is 2.88. The lowest BCUT2D eigenvalue weighted by Crippen LogP contribution is -2.11. The summed E-state index contributed by atoms with van der Waals surface area (Å²) in [6.07, 6.45) is 0. The topological polar surface area (TPSA) is 18.5 Å². The van der Waals surface area contributed by atoms with Crippen molar-refractivity contribution in [2.75, 3.05) is 13.2 Å². The smallest absolute Gasteiger partial charge is 0.156 e. The summed E-state index contributed by atoms with van der Waals surface area (Å²) in [5.41, 5.74) is 2.42. The summed E-state index contributed by atoms with van der Waals surface area (Å²) < 4.78 is 11.3. The van der Waals surface area contributed by atoms with Gasteiger partial charge in [0.2, 0.25) is 0 Å². The molecule has 0 fully saturated rings. The third-order valence-corrected chi connectivity index (χ3v) is 4.02. The second-order valence-corrected chi connectivity index (χ2v) is 7.34. The van der Waals surface area contributed by atoms with Gasteiger partial charge in [0.15, 0.2) is 5.75 Å². The van der Waals surface area contributed by atoms with Crippen molar-refractivity contribution < 1.29 is 9.47 Å². The van der Waals surface area contributed by atoms with E-state index in [1.807, 2.05) is 31.2 Å². The molecule has 0 atom stereocenters. The van der Waals surface area contributed by atoms with Crippen molar-refractivity contribution in [3.63, 3.8) is 0 Å². The first-order valence-corrected chi connectivity index (χ1v) is 8.35. The summed E-state index contributed by atoms with van der Waals surface area (Å²) in [4.78, 5) is 0. The fraction of sp³-hybridized carbons (Fsp3) is 0.368. The average Bonchev–Trinajstić information content (AvgIpc) is 2.45. The van der Waals surface area contributed by atoms with Gasteiger partial charge >= 0.3 is 0 Å². The van der Waals surface area contributed by atoms with Crippen LogP contribution >= 0.6 is 23.2 Å². The molecular weight excluding hydrogens is 331 g/mol. The summed E-state index contributed by atoms with van der Waals surface area (Å²) in [6, 6.07) is 11.8. The van der Waals surface area contributed by atoms with Gasteiger partial charge in [0.1, 0.15) is 19.0 Å². The predicted molar refractivity (Wildman–Crippen MR) is 97.3 cm³/mol. The Balaban J connectivity index is 1.86. The second-order valence-electron chi connectivity index (χ2n) is 6.53. The van der Waals surface area contributed by atoms with E-state index in [4.69, 9.17) is 32.7 Å². The zero-order valence-corrected chi connectivity index (χ0v) is 15.5. The summed E-state index contributed by atoms with van der Waals surface area (Å²) in [5, 5.41) is 1.04. The lowest BCUT2D eigenvalue weighted by molar-refractivity contribution is 0.217. The van der Waals surface area contributed by atoms with Crippen LogP contribution in [-0.2, 0) is 5.41 Å². The molecule has 23 heavy (non-hydrogen) atoms. The largest absolute Gasteiger partial charge is 0.490 e. The van der Waals surface area contributed by atoms with Crippen LogP contribution in [0.4, 0.5) is 0 Å². The summed E-state index contributed by atoms with van der Waals surface area (Å²) in [5.74, 6) is 1.33. The van der Waals surface area contributed by atoms with E-state index in [0.717, 1.165) is 11.3 Å². The summed E-state index contributed by atoms with van der Waals surface area (Å²) in [6.45, 7) is 9.30. The lowest BCUT2D eigenvalue weighted by Gasteiger charge is -2.19. The molecular formula is C19H22Cl2O2. The van der Waals surface area contributed by atoms with Crippen LogP contribution in [0.2, 0.25) is 10.0 Å². The number of hydrogen-bond donors (Lipinski definition) is 0. The van der Waals surface area contributed by atoms with Crippen molar-refractivity contribution in [3.05, 3.63) is 57.6 Å². The van der Waals surface area contributed by atoms with Crippen molar-refractivity contribution in [3.8, 4) is 11.5 Å². The normalized spacial score (nSPS) is 11.4. The zero-order valence-electron chi connectivity index (χ0n) is 14.0. The predicted octanol–water partition coefficient (Wildman–Crippen LogP) is 6.06. The Bertz CT molecular complexity index is 635. The quantitative estimate of drug-likeness (QED) is 0.609. The van der Waals surface area contributed by atoms with E-state index < -0.39 is 0 Å². The SMILES string of the molecule is Cc1cc(Cl)c(OCCOc2ccc(C(C)(C)C)cc2)c(Cl)c1. The number of hydrogen-bond acceptors (Lipinski definition) is 2. The van der Waals surface area contributed by atoms with Crippen LogP contribution in [0, 0.1) is 6.92 Å². The van der Waals surface area contributed by atoms with E-state index in [1.165, 1.54) is 5.56 Å². The van der Waals surface area contributed by atoms with Gasteiger partial charge in [0.25, 0.3) is 0 Å². The molecule has 2 aromatic rings. The maximum absolute atomic E-state index is 6.14. The van der Waals surface area contributed by atoms with E-state index in [0.29, 0.717) is 29.0 Å². The van der Waals surface area contributed by atoms with Gasteiger partial charge in [0, 0.05) is 0 Å². The average molecular weight is 353 g/mol. The molecule has 0 unspecified atom stereocenters. The number of ether oxygens (including phenoxy) is 2. The molecule has 2 aromatic carbocycles. The van der Waals surface area contributed by atoms with Crippen molar-refractivity contribution in [2.24, 2.45) is 0 Å². The van der Waals surface area contributed by atoms with E-state index in [-0.39, 0.29) is 5.41 Å². The van der Waals surface area contributed by atoms with Crippen LogP contribution in [-0.4, -0.2) is 13.2 Å². The highest BCUT2D eigenvalue weighted by Crippen LogP contribution is 2.34. The minimum Gasteiger partial charge on any atom is -0.490 e. The van der Waals surface area contributed by atoms with Crippen molar-refractivity contribution in [1.29, 1.82) is 0 Å². The molecule has 0 aliphatic heterocycles. The van der Waals surface area contributed by atoms with Crippen molar-refractivity contribution in [1.82, 2.24) is 0 Å². The standard InChI is InChI=1S/C19H22Cl2O2/c1-13-11-16(20)18(17(21)12-13)23-10-9-22-15-7-5-14(6-8-15)19(2,3)4/h5-8,11-12H,9-10H2,1-4H3. The van der Waals surface area contributed by atoms with Gasteiger partial charge in [-0.2, -0.15) is 0 Å². The summed E-state index contributed by atoms with van der Waals surface area (Å²) >= 11 is 12.3. The van der Waals surface area contributed by atoms with E-state index >= 15 is 0 Å². The van der Waals surface area contributed by atoms with Crippen LogP contribution in [0.25, 0.3) is 0 Å². The molecule has 0 heterocycles. The van der Waals surface area contributed by atoms with Gasteiger partial charge in [-0.1, -0.05) is 56.1 Å². The second kappa shape index (κ2) is 7.46. The van der Waals surface area contributed by atoms with Gasteiger partial charge in [-0.05, 0) is 47.7 Å². The molecule has 0 aliphatic rings. The molecule has 0 spiro atoms. The van der Waals surface area contributed by atoms with Gasteiger partial charge in [-0.3, -0.25) is 0 Å². The molecule has 0 aliphatic carbocycles. The van der Waals surface area contributed by atoms with Gasteiger partial charge in [-0.25, -0.2) is 0 Å². The molecule has 0 saturated carbocycles. The van der Waals surface area contributed by atoms with E-state index in [2.05, 4.69) is 32.9 Å². The number of aryl methyl sites for hydroxylation is 1. The Morgan fingerprint density at radius 2 is 1.39 bits per heavy atom. The van der Waals surface area contributed by atoms with E-state index in [9.17, 15) is 0 Å². The molecule has 2 rings (SSSR count). The Morgan fingerprint density at radius 3 is 1.91 bits per heavy atom. The Labute approximate surface area is 148 Å². The molecule has 0 aromatic heterocycles. The highest BCUT2D eigenvalue weighted by Gasteiger charge is 2.13. The molecule has 0 N–H and O–H groups in total. The van der Waals surface area contributed by atoms with Gasteiger partial charge in [-0.15, -0.1) is 0 Å². The summed E-state index contributed by atoms with van der Waals surface area (Å²) in [7, 11) is 0. The third-order valence-electron chi connectivity index (χ3n) is 3.46. The minimum absolute atomic E-state index is 0.139. The zero-order chi connectivity index (χ0) is 17.0. The monoisotopic (exact) mass is 352 g/mol. The molecule has 0 radical (unpaired) electrons. The Morgan fingerprint density at radius 1 is 0.870 bits per heavy atom. The third kappa shape index (κ3) is 5.05. The molecule has 0 amide bonds. The molecule has 4 heteroatoms. The van der Waals surface area contributed by atoms with Crippen molar-refractivity contribution >= 4 is 23.2 Å². The number of halogens is 2. The fourth-order valence-electron chi connectivity index (χ4n) is 2.18. The highest BCUT2D eigenvalue weighted by molar-refractivity contribution is 6.37. The first-order chi connectivity index (χ1) is 10.8. The Kier molecular flexibility index (Phi) is 5.83. The van der Waals surface area contributed by atoms with Crippen LogP contribution in [0.5, 0.6) is 11.5 Å². The van der Waals surface area contributed by atoms with Crippen LogP contribution < -0.4 is 9.47 Å². The maximum atomic E-state index is 6.14. The molecule has 2 nitrogen and oxygen atoms in total. The van der Waals surface area contributed by atoms with E-state index in [1.54, 1.807) is 0 Å². The molecule has 0 saturated heterocycles. The molecule has 0 bridgehead atoms. The van der Waals surface area contributed by atoms with Gasteiger partial charge < -0.3 is 9.47 Å². The first kappa shape index (κ1) is 18.0. The van der Waals surface area contributed by atoms with Crippen LogP contribution in [0.3, 0.4) is 0 Å². The highest BCUT2D eigenvalue weighted by atomic mass is 35.5. The van der Waals surface area contributed by atoms with Gasteiger partial charge in [0.05, 0.1) is 10.0 Å². The maximum Gasteiger partial charge on any atom is 0.156 e. The first-order valence-electron chi connectivity index (χ1n) is 7.59. The lowest BCUT2D eigenvalue weighted by atomic mass is 9.87. The van der Waals surface area contributed by atoms with Crippen LogP contribution in [0.15, 0.2) is 36.4 Å². The number of benzene rings is 2. The number of rotatable bonds is 5. The minimum atomic E-state index is 0.139. The molecule has 124 valence electrons. The Hall–Kier alpha value is -1.38. The van der Waals surface area contributed by atoms with Crippen LogP contribution in [0.1, 0.15) is 31.9 Å². The van der Waals surface area contributed by atoms with Crippen molar-refractivity contribution in [2.45, 2.75) is 33.1 Å².